The van der Waals surface area contributed by atoms with Crippen LogP contribution >= 0.6 is 0 Å². The number of hydrogen-bond donors (Lipinski definition) is 0. The van der Waals surface area contributed by atoms with Gasteiger partial charge >= 0.3 is 0 Å². The number of nitrogens with zero attached hydrogens (tertiary/aromatic N) is 1. The molecule has 1 atom stereocenters. The summed E-state index contributed by atoms with van der Waals surface area (Å²) in [6, 6.07) is 0. The van der Waals surface area contributed by atoms with E-state index in [1.165, 1.54) is 72.3 Å². The van der Waals surface area contributed by atoms with E-state index in [9.17, 15) is 0 Å². The minimum absolute atomic E-state index is 0.0447. The van der Waals surface area contributed by atoms with Crippen LogP contribution in [0.15, 0.2) is 17.2 Å². The number of rotatable bonds is 3. The minimum atomic E-state index is 0.0447. The Morgan fingerprint density at radius 2 is 1.31 bits per heavy atom. The first-order chi connectivity index (χ1) is 18.2. The van der Waals surface area contributed by atoms with Crippen molar-refractivity contribution >= 4 is 16.5 Å². The molecule has 1 unspecified atom stereocenters. The van der Waals surface area contributed by atoms with Crippen LogP contribution in [0.5, 0.6) is 0 Å². The van der Waals surface area contributed by atoms with Gasteiger partial charge in [0.1, 0.15) is 7.05 Å². The highest BCUT2D eigenvalue weighted by Gasteiger charge is 2.45. The summed E-state index contributed by atoms with van der Waals surface area (Å²) in [5.74, 6) is 0.397. The number of benzene rings is 2. The molecule has 1 heterocycles. The van der Waals surface area contributed by atoms with Crippen molar-refractivity contribution < 1.29 is 4.57 Å². The van der Waals surface area contributed by atoms with Gasteiger partial charge in [0.2, 0.25) is 5.52 Å². The summed E-state index contributed by atoms with van der Waals surface area (Å²) >= 11 is 0. The molecule has 0 N–H and O–H groups in total. The zero-order valence-corrected chi connectivity index (χ0v) is 27.2. The summed E-state index contributed by atoms with van der Waals surface area (Å²) in [6.07, 6.45) is 5.85. The third kappa shape index (κ3) is 3.54. The molecule has 3 aromatic rings. The summed E-state index contributed by atoms with van der Waals surface area (Å²) in [4.78, 5) is 0. The minimum Gasteiger partial charge on any atom is -0.197 e. The normalized spacial score (nSPS) is 18.1. The SMILES string of the molecule is CCc1c(C)c(C)c2c(c1C)C1=C(CC(c3c(CC)c(C)c4c(C)c(C)c(C)c(C)c4[n+]3C)C(C)=C1)C2(C)C. The average Bonchev–Trinajstić information content (AvgIpc) is 3.11. The Balaban J connectivity index is 1.79. The number of hydrogen-bond acceptors (Lipinski definition) is 0. The molecular weight excluding hydrogens is 470 g/mol. The van der Waals surface area contributed by atoms with E-state index in [4.69, 9.17) is 0 Å². The van der Waals surface area contributed by atoms with E-state index in [1.54, 1.807) is 27.8 Å². The van der Waals surface area contributed by atoms with Crippen molar-refractivity contribution in [3.8, 4) is 0 Å². The standard InChI is InChI=1S/C38H50N/c1-15-28-22(6)24(8)35-34(26(28)10)31-17-19(3)30(18-32(31)38(35,12)13)37-29(16-2)27(11)33-23(7)20(4)21(5)25(9)36(33)39(37)14/h17,30H,15-16,18H2,1-14H3/q+1. The molecule has 0 amide bonds. The third-order valence-corrected chi connectivity index (χ3v) is 11.3. The maximum atomic E-state index is 2.59. The second-order valence-electron chi connectivity index (χ2n) is 13.2. The van der Waals surface area contributed by atoms with Gasteiger partial charge in [0.25, 0.3) is 0 Å². The van der Waals surface area contributed by atoms with Gasteiger partial charge in [-0.05, 0) is 143 Å². The van der Waals surface area contributed by atoms with Crippen LogP contribution in [0.1, 0.15) is 119 Å². The molecule has 1 aromatic heterocycles. The van der Waals surface area contributed by atoms with Crippen molar-refractivity contribution in [1.82, 2.24) is 0 Å². The molecule has 2 aromatic carbocycles. The predicted molar refractivity (Wildman–Crippen MR) is 169 cm³/mol. The van der Waals surface area contributed by atoms with E-state index in [2.05, 4.69) is 108 Å². The van der Waals surface area contributed by atoms with Crippen LogP contribution in [0.4, 0.5) is 0 Å². The quantitative estimate of drug-likeness (QED) is 0.303. The lowest BCUT2D eigenvalue weighted by molar-refractivity contribution is -0.654. The number of aryl methyl sites for hydroxylation is 4. The van der Waals surface area contributed by atoms with Gasteiger partial charge in [-0.15, -0.1) is 0 Å². The lowest BCUT2D eigenvalue weighted by Gasteiger charge is -2.32. The van der Waals surface area contributed by atoms with Crippen LogP contribution in [-0.4, -0.2) is 0 Å². The van der Waals surface area contributed by atoms with Gasteiger partial charge in [0, 0.05) is 16.5 Å². The van der Waals surface area contributed by atoms with Crippen molar-refractivity contribution in [3.05, 3.63) is 89.7 Å². The number of pyridine rings is 1. The number of allylic oxidation sites excluding steroid dienone is 4. The zero-order valence-electron chi connectivity index (χ0n) is 27.2. The lowest BCUT2D eigenvalue weighted by Crippen LogP contribution is -2.40. The molecule has 0 radical (unpaired) electrons. The van der Waals surface area contributed by atoms with Gasteiger partial charge in [-0.3, -0.25) is 0 Å². The molecule has 5 rings (SSSR count). The topological polar surface area (TPSA) is 3.88 Å². The van der Waals surface area contributed by atoms with E-state index in [-0.39, 0.29) is 5.41 Å². The van der Waals surface area contributed by atoms with E-state index in [1.807, 2.05) is 0 Å². The smallest absolute Gasteiger partial charge is 0.197 e. The van der Waals surface area contributed by atoms with Gasteiger partial charge in [-0.1, -0.05) is 44.9 Å². The van der Waals surface area contributed by atoms with Crippen LogP contribution in [0.3, 0.4) is 0 Å². The molecule has 2 aliphatic carbocycles. The molecule has 0 bridgehead atoms. The van der Waals surface area contributed by atoms with Gasteiger partial charge < -0.3 is 0 Å². The molecule has 206 valence electrons. The average molecular weight is 521 g/mol. The second-order valence-corrected chi connectivity index (χ2v) is 13.2. The fraction of sp³-hybridized carbons (Fsp3) is 0.500. The number of aromatic nitrogens is 1. The van der Waals surface area contributed by atoms with Crippen molar-refractivity contribution in [2.75, 3.05) is 0 Å². The Morgan fingerprint density at radius 1 is 0.718 bits per heavy atom. The molecule has 39 heavy (non-hydrogen) atoms. The fourth-order valence-electron chi connectivity index (χ4n) is 8.76. The molecule has 0 aliphatic heterocycles. The summed E-state index contributed by atoms with van der Waals surface area (Å²) in [7, 11) is 2.34. The highest BCUT2D eigenvalue weighted by Crippen LogP contribution is 2.56. The van der Waals surface area contributed by atoms with Gasteiger partial charge in [0.15, 0.2) is 5.69 Å². The summed E-state index contributed by atoms with van der Waals surface area (Å²) in [5, 5.41) is 1.47. The van der Waals surface area contributed by atoms with E-state index in [0.29, 0.717) is 5.92 Å². The van der Waals surface area contributed by atoms with Crippen LogP contribution in [0.25, 0.3) is 16.5 Å². The van der Waals surface area contributed by atoms with Crippen LogP contribution in [0, 0.1) is 55.4 Å². The Hall–Kier alpha value is -2.67. The van der Waals surface area contributed by atoms with E-state index in [0.717, 1.165) is 19.3 Å². The fourth-order valence-corrected chi connectivity index (χ4v) is 8.76. The monoisotopic (exact) mass is 520 g/mol. The first-order valence-corrected chi connectivity index (χ1v) is 15.2. The van der Waals surface area contributed by atoms with E-state index < -0.39 is 0 Å². The van der Waals surface area contributed by atoms with Crippen molar-refractivity contribution in [3.63, 3.8) is 0 Å². The molecule has 1 nitrogen and oxygen atoms in total. The Morgan fingerprint density at radius 3 is 1.90 bits per heavy atom. The summed E-state index contributed by atoms with van der Waals surface area (Å²) in [6.45, 7) is 30.8. The Labute approximate surface area is 238 Å². The van der Waals surface area contributed by atoms with Gasteiger partial charge in [0.05, 0.1) is 11.3 Å². The molecule has 0 fully saturated rings. The molecule has 0 spiro atoms. The molecule has 0 saturated carbocycles. The largest absolute Gasteiger partial charge is 0.216 e. The maximum Gasteiger partial charge on any atom is 0.216 e. The summed E-state index contributed by atoms with van der Waals surface area (Å²) in [5.41, 5.74) is 25.6. The Kier molecular flexibility index (Phi) is 6.57. The first-order valence-electron chi connectivity index (χ1n) is 15.2. The van der Waals surface area contributed by atoms with Gasteiger partial charge in [-0.25, -0.2) is 0 Å². The highest BCUT2D eigenvalue weighted by molar-refractivity contribution is 5.92. The predicted octanol–water partition coefficient (Wildman–Crippen LogP) is 9.44. The maximum absolute atomic E-state index is 2.59. The van der Waals surface area contributed by atoms with Crippen LogP contribution < -0.4 is 4.57 Å². The first kappa shape index (κ1) is 27.9. The highest BCUT2D eigenvalue weighted by atomic mass is 15.0. The summed E-state index contributed by atoms with van der Waals surface area (Å²) < 4.78 is 2.59. The second kappa shape index (κ2) is 9.18. The molecule has 2 aliphatic rings. The molecule has 1 heteroatoms. The van der Waals surface area contributed by atoms with Gasteiger partial charge in [-0.2, -0.15) is 4.57 Å². The lowest BCUT2D eigenvalue weighted by atomic mass is 9.71. The Bertz CT molecular complexity index is 1650. The zero-order chi connectivity index (χ0) is 28.9. The number of fused-ring (bicyclic) bond motifs is 3. The van der Waals surface area contributed by atoms with Crippen molar-refractivity contribution in [1.29, 1.82) is 0 Å². The van der Waals surface area contributed by atoms with Crippen LogP contribution in [-0.2, 0) is 25.3 Å². The van der Waals surface area contributed by atoms with Crippen molar-refractivity contribution in [2.24, 2.45) is 7.05 Å². The third-order valence-electron chi connectivity index (χ3n) is 11.3. The van der Waals surface area contributed by atoms with Crippen molar-refractivity contribution in [2.45, 2.75) is 121 Å². The van der Waals surface area contributed by atoms with Crippen LogP contribution in [0.2, 0.25) is 0 Å². The molecular formula is C38H50N+. The molecule has 0 saturated heterocycles. The van der Waals surface area contributed by atoms with E-state index >= 15 is 0 Å².